The highest BCUT2D eigenvalue weighted by molar-refractivity contribution is 6.31. The average Bonchev–Trinajstić information content (AvgIpc) is 3.81. The Balaban J connectivity index is 1.29. The number of ether oxygens (including phenoxy) is 1. The molecule has 1 amide bonds. The normalized spacial score (nSPS) is 15.9. The molecular weight excluding hydrogens is 474 g/mol. The average molecular weight is 506 g/mol. The topological polar surface area (TPSA) is 83.5 Å². The summed E-state index contributed by atoms with van der Waals surface area (Å²) >= 11 is 6.57. The van der Waals surface area contributed by atoms with Crippen LogP contribution >= 0.6 is 11.6 Å². The molecule has 188 valence electrons. The molecule has 6 nitrogen and oxygen atoms in total. The van der Waals surface area contributed by atoms with E-state index < -0.39 is 6.09 Å². The summed E-state index contributed by atoms with van der Waals surface area (Å²) in [7, 11) is 0. The van der Waals surface area contributed by atoms with Crippen molar-refractivity contribution < 1.29 is 14.6 Å². The van der Waals surface area contributed by atoms with E-state index in [0.29, 0.717) is 19.2 Å². The minimum atomic E-state index is -0.973. The number of carbonyl (C=O) groups is 1. The molecule has 5 rings (SSSR count). The molecule has 2 aliphatic rings. The Hall–Kier alpha value is -3.09. The number of nitrogens with zero attached hydrogens (tertiary/aromatic N) is 1. The minimum Gasteiger partial charge on any atom is -0.490 e. The molecule has 0 saturated heterocycles. The van der Waals surface area contributed by atoms with E-state index in [1.807, 2.05) is 24.5 Å². The molecular formula is C29H32ClN3O3. The van der Waals surface area contributed by atoms with Gasteiger partial charge in [-0.05, 0) is 85.4 Å². The second-order valence-electron chi connectivity index (χ2n) is 9.79. The highest BCUT2D eigenvalue weighted by Gasteiger charge is 2.45. The van der Waals surface area contributed by atoms with Gasteiger partial charge in [0.2, 0.25) is 0 Å². The van der Waals surface area contributed by atoms with Crippen LogP contribution in [0.25, 0.3) is 11.1 Å². The maximum Gasteiger partial charge on any atom is 0.404 e. The largest absolute Gasteiger partial charge is 0.490 e. The lowest BCUT2D eigenvalue weighted by molar-refractivity contribution is 0.194. The quantitative estimate of drug-likeness (QED) is 0.251. The number of para-hydroxylation sites is 1. The fraction of sp³-hybridized carbons (Fsp3) is 0.379. The molecule has 1 heterocycles. The summed E-state index contributed by atoms with van der Waals surface area (Å²) in [5, 5.41) is 15.7. The number of aryl methyl sites for hydroxylation is 1. The van der Waals surface area contributed by atoms with Crippen LogP contribution in [-0.4, -0.2) is 28.8 Å². The first-order valence-electron chi connectivity index (χ1n) is 12.7. The monoisotopic (exact) mass is 505 g/mol. The van der Waals surface area contributed by atoms with Crippen LogP contribution in [-0.2, 0) is 18.5 Å². The number of halogens is 1. The Bertz CT molecular complexity index is 1220. The molecule has 2 fully saturated rings. The summed E-state index contributed by atoms with van der Waals surface area (Å²) in [4.78, 5) is 15.1. The number of hydrogen-bond donors (Lipinski definition) is 3. The lowest BCUT2D eigenvalue weighted by atomic mass is 9.94. The second kappa shape index (κ2) is 10.9. The molecule has 0 spiro atoms. The molecule has 0 atom stereocenters. The number of unbranched alkanes of at least 4 members (excludes halogenated alkanes) is 1. The van der Waals surface area contributed by atoms with Crippen LogP contribution in [0.4, 0.5) is 4.79 Å². The molecule has 0 bridgehead atoms. The van der Waals surface area contributed by atoms with Crippen molar-refractivity contribution in [3.8, 4) is 16.9 Å². The van der Waals surface area contributed by atoms with E-state index in [0.717, 1.165) is 66.8 Å². The molecule has 3 aromatic rings. The maximum absolute atomic E-state index is 10.6. The van der Waals surface area contributed by atoms with Crippen LogP contribution in [0.2, 0.25) is 5.02 Å². The standard InChI is InChI=1S/C29H32ClN3O3/c30-26-11-8-20(5-3-4-15-32-28(34)35)17-21(26)18-33-29(13-14-29)25-19-31-16-12-23(25)24-6-1-2-7-27(24)36-22-9-10-22/h1-2,6-8,11-12,16-17,19,22,32-33H,3-5,9-10,13-15,18H2,(H,34,35). The van der Waals surface area contributed by atoms with Crippen LogP contribution < -0.4 is 15.4 Å². The summed E-state index contributed by atoms with van der Waals surface area (Å²) in [6.07, 6.45) is 10.2. The molecule has 0 unspecified atom stereocenters. The Morgan fingerprint density at radius 2 is 1.94 bits per heavy atom. The zero-order valence-electron chi connectivity index (χ0n) is 20.3. The van der Waals surface area contributed by atoms with Crippen molar-refractivity contribution in [2.24, 2.45) is 0 Å². The van der Waals surface area contributed by atoms with E-state index >= 15 is 0 Å². The van der Waals surface area contributed by atoms with Gasteiger partial charge in [0.15, 0.2) is 0 Å². The predicted molar refractivity (Wildman–Crippen MR) is 141 cm³/mol. The molecule has 2 aliphatic carbocycles. The van der Waals surface area contributed by atoms with Crippen molar-refractivity contribution >= 4 is 17.7 Å². The van der Waals surface area contributed by atoms with Crippen molar-refractivity contribution in [2.75, 3.05) is 6.54 Å². The first-order chi connectivity index (χ1) is 17.5. The van der Waals surface area contributed by atoms with Gasteiger partial charge in [-0.3, -0.25) is 4.98 Å². The number of nitrogens with one attached hydrogen (secondary N) is 2. The van der Waals surface area contributed by atoms with Crippen molar-refractivity contribution in [1.29, 1.82) is 0 Å². The molecule has 0 aliphatic heterocycles. The van der Waals surface area contributed by atoms with Gasteiger partial charge in [0, 0.05) is 41.6 Å². The SMILES string of the molecule is O=C(O)NCCCCc1ccc(Cl)c(CNC2(c3cnccc3-c3ccccc3OC3CC3)CC2)c1. The van der Waals surface area contributed by atoms with Crippen molar-refractivity contribution in [2.45, 2.75) is 63.1 Å². The summed E-state index contributed by atoms with van der Waals surface area (Å²) < 4.78 is 6.22. The number of carboxylic acid groups (broad SMARTS) is 1. The first kappa shape index (κ1) is 24.6. The predicted octanol–water partition coefficient (Wildman–Crippen LogP) is 6.31. The van der Waals surface area contributed by atoms with Crippen LogP contribution in [0.15, 0.2) is 60.9 Å². The molecule has 1 aromatic heterocycles. The number of hydrogen-bond acceptors (Lipinski definition) is 4. The third-order valence-electron chi connectivity index (χ3n) is 6.98. The number of amides is 1. The van der Waals surface area contributed by atoms with Gasteiger partial charge in [0.1, 0.15) is 5.75 Å². The van der Waals surface area contributed by atoms with Crippen LogP contribution in [0.3, 0.4) is 0 Å². The molecule has 7 heteroatoms. The van der Waals surface area contributed by atoms with Gasteiger partial charge in [0.25, 0.3) is 0 Å². The number of benzene rings is 2. The number of rotatable bonds is 12. The van der Waals surface area contributed by atoms with Crippen molar-refractivity contribution in [1.82, 2.24) is 15.6 Å². The number of aromatic nitrogens is 1. The summed E-state index contributed by atoms with van der Waals surface area (Å²) in [6, 6.07) is 16.6. The Morgan fingerprint density at radius 3 is 2.72 bits per heavy atom. The Labute approximate surface area is 217 Å². The maximum atomic E-state index is 10.6. The third-order valence-corrected chi connectivity index (χ3v) is 7.35. The summed E-state index contributed by atoms with van der Waals surface area (Å²) in [5.41, 5.74) is 5.65. The van der Waals surface area contributed by atoms with Crippen molar-refractivity contribution in [3.63, 3.8) is 0 Å². The van der Waals surface area contributed by atoms with Gasteiger partial charge < -0.3 is 20.5 Å². The molecule has 2 saturated carbocycles. The fourth-order valence-corrected chi connectivity index (χ4v) is 4.85. The van der Waals surface area contributed by atoms with E-state index in [1.54, 1.807) is 0 Å². The van der Waals surface area contributed by atoms with E-state index in [2.05, 4.69) is 52.0 Å². The Morgan fingerprint density at radius 1 is 1.11 bits per heavy atom. The lowest BCUT2D eigenvalue weighted by Gasteiger charge is -2.23. The fourth-order valence-electron chi connectivity index (χ4n) is 4.67. The van der Waals surface area contributed by atoms with Gasteiger partial charge >= 0.3 is 6.09 Å². The highest BCUT2D eigenvalue weighted by atomic mass is 35.5. The highest BCUT2D eigenvalue weighted by Crippen LogP contribution is 2.50. The van der Waals surface area contributed by atoms with Gasteiger partial charge in [-0.15, -0.1) is 0 Å². The Kier molecular flexibility index (Phi) is 7.44. The number of pyridine rings is 1. The van der Waals surface area contributed by atoms with E-state index in [9.17, 15) is 4.79 Å². The lowest BCUT2D eigenvalue weighted by Crippen LogP contribution is -2.29. The van der Waals surface area contributed by atoms with Crippen molar-refractivity contribution in [3.05, 3.63) is 82.6 Å². The molecule has 36 heavy (non-hydrogen) atoms. The summed E-state index contributed by atoms with van der Waals surface area (Å²) in [6.45, 7) is 1.14. The summed E-state index contributed by atoms with van der Waals surface area (Å²) in [5.74, 6) is 0.942. The second-order valence-corrected chi connectivity index (χ2v) is 10.2. The molecule has 2 aromatic carbocycles. The smallest absolute Gasteiger partial charge is 0.404 e. The zero-order chi connectivity index (χ0) is 25.0. The van der Waals surface area contributed by atoms with Crippen LogP contribution in [0.1, 0.15) is 55.2 Å². The van der Waals surface area contributed by atoms with Crippen LogP contribution in [0.5, 0.6) is 5.75 Å². The molecule has 0 radical (unpaired) electrons. The van der Waals surface area contributed by atoms with E-state index in [4.69, 9.17) is 21.4 Å². The van der Waals surface area contributed by atoms with E-state index in [-0.39, 0.29) is 5.54 Å². The van der Waals surface area contributed by atoms with Gasteiger partial charge in [0.05, 0.1) is 6.10 Å². The third kappa shape index (κ3) is 6.00. The van der Waals surface area contributed by atoms with Gasteiger partial charge in [-0.25, -0.2) is 4.79 Å². The van der Waals surface area contributed by atoms with E-state index in [1.165, 1.54) is 16.7 Å². The van der Waals surface area contributed by atoms with Crippen LogP contribution in [0, 0.1) is 0 Å². The van der Waals surface area contributed by atoms with Gasteiger partial charge in [-0.1, -0.05) is 41.9 Å². The minimum absolute atomic E-state index is 0.127. The van der Waals surface area contributed by atoms with Gasteiger partial charge in [-0.2, -0.15) is 0 Å². The zero-order valence-corrected chi connectivity index (χ0v) is 21.1. The first-order valence-corrected chi connectivity index (χ1v) is 13.1. The molecule has 3 N–H and O–H groups in total.